The Labute approximate surface area is 124 Å². The van der Waals surface area contributed by atoms with E-state index in [9.17, 15) is 18.0 Å². The number of hydrogen-bond acceptors (Lipinski definition) is 2. The number of halogens is 3. The summed E-state index contributed by atoms with van der Waals surface area (Å²) in [7, 11) is 0. The number of carbonyl (C=O) groups is 1. The number of hydrogen-bond donors (Lipinski definition) is 0. The second-order valence-electron chi connectivity index (χ2n) is 6.37. The average Bonchev–Trinajstić information content (AvgIpc) is 2.46. The van der Waals surface area contributed by atoms with Crippen molar-refractivity contribution in [3.63, 3.8) is 0 Å². The van der Waals surface area contributed by atoms with Crippen molar-refractivity contribution in [3.8, 4) is 0 Å². The van der Waals surface area contributed by atoms with Crippen LogP contribution in [0.2, 0.25) is 0 Å². The van der Waals surface area contributed by atoms with Gasteiger partial charge in [0.15, 0.2) is 0 Å². The van der Waals surface area contributed by atoms with Gasteiger partial charge >= 0.3 is 6.18 Å². The van der Waals surface area contributed by atoms with E-state index in [1.54, 1.807) is 0 Å². The first-order valence-corrected chi connectivity index (χ1v) is 7.97. The highest BCUT2D eigenvalue weighted by molar-refractivity contribution is 5.78. The van der Waals surface area contributed by atoms with E-state index in [2.05, 4.69) is 11.8 Å². The molecule has 0 radical (unpaired) electrons. The van der Waals surface area contributed by atoms with Crippen LogP contribution in [-0.4, -0.2) is 54.6 Å². The van der Waals surface area contributed by atoms with Gasteiger partial charge in [-0.3, -0.25) is 9.69 Å². The number of rotatable bonds is 3. The van der Waals surface area contributed by atoms with Gasteiger partial charge in [0, 0.05) is 19.6 Å². The van der Waals surface area contributed by atoms with E-state index in [4.69, 9.17) is 0 Å². The van der Waals surface area contributed by atoms with Crippen molar-refractivity contribution < 1.29 is 18.0 Å². The molecule has 2 unspecified atom stereocenters. The molecule has 2 atom stereocenters. The first-order chi connectivity index (χ1) is 9.90. The Balaban J connectivity index is 1.85. The van der Waals surface area contributed by atoms with Crippen LogP contribution in [0.5, 0.6) is 0 Å². The van der Waals surface area contributed by atoms with Gasteiger partial charge in [0.1, 0.15) is 0 Å². The molecule has 122 valence electrons. The van der Waals surface area contributed by atoms with Crippen molar-refractivity contribution in [1.82, 2.24) is 9.80 Å². The van der Waals surface area contributed by atoms with E-state index in [0.717, 1.165) is 25.9 Å². The fourth-order valence-electron chi connectivity index (χ4n) is 3.39. The topological polar surface area (TPSA) is 23.6 Å². The molecule has 2 fully saturated rings. The van der Waals surface area contributed by atoms with Gasteiger partial charge in [0.25, 0.3) is 0 Å². The van der Waals surface area contributed by atoms with Gasteiger partial charge in [-0.2, -0.15) is 13.2 Å². The summed E-state index contributed by atoms with van der Waals surface area (Å²) >= 11 is 0. The van der Waals surface area contributed by atoms with Crippen LogP contribution < -0.4 is 0 Å². The number of piperidine rings is 2. The molecule has 0 spiro atoms. The Hall–Kier alpha value is -0.780. The van der Waals surface area contributed by atoms with E-state index >= 15 is 0 Å². The number of alkyl halides is 3. The molecule has 0 aliphatic carbocycles. The molecule has 0 saturated carbocycles. The highest BCUT2D eigenvalue weighted by Crippen LogP contribution is 2.33. The van der Waals surface area contributed by atoms with Gasteiger partial charge in [0.2, 0.25) is 5.91 Å². The molecule has 21 heavy (non-hydrogen) atoms. The summed E-state index contributed by atoms with van der Waals surface area (Å²) in [4.78, 5) is 15.8. The molecule has 2 saturated heterocycles. The number of likely N-dealkylation sites (tertiary alicyclic amines) is 2. The zero-order valence-corrected chi connectivity index (χ0v) is 12.7. The van der Waals surface area contributed by atoms with E-state index in [1.165, 1.54) is 11.3 Å². The van der Waals surface area contributed by atoms with Gasteiger partial charge in [0.05, 0.1) is 12.5 Å². The Kier molecular flexibility index (Phi) is 5.52. The van der Waals surface area contributed by atoms with Gasteiger partial charge in [-0.1, -0.05) is 13.3 Å². The molecule has 6 heteroatoms. The predicted octanol–water partition coefficient (Wildman–Crippen LogP) is 2.91. The Morgan fingerprint density at radius 3 is 2.52 bits per heavy atom. The number of nitrogens with zero attached hydrogens (tertiary/aromatic N) is 2. The van der Waals surface area contributed by atoms with Crippen LogP contribution in [-0.2, 0) is 4.79 Å². The highest BCUT2D eigenvalue weighted by atomic mass is 19.4. The molecule has 2 heterocycles. The van der Waals surface area contributed by atoms with Crippen molar-refractivity contribution in [2.75, 3.05) is 32.7 Å². The van der Waals surface area contributed by atoms with Crippen LogP contribution in [0.1, 0.15) is 39.0 Å². The summed E-state index contributed by atoms with van der Waals surface area (Å²) < 4.78 is 38.4. The summed E-state index contributed by atoms with van der Waals surface area (Å²) in [6, 6.07) is 0. The fraction of sp³-hybridized carbons (Fsp3) is 0.933. The third-order valence-corrected chi connectivity index (χ3v) is 4.78. The van der Waals surface area contributed by atoms with Crippen LogP contribution in [0.15, 0.2) is 0 Å². The van der Waals surface area contributed by atoms with Crippen molar-refractivity contribution >= 4 is 5.91 Å². The van der Waals surface area contributed by atoms with Gasteiger partial charge < -0.3 is 4.90 Å². The first-order valence-electron chi connectivity index (χ1n) is 7.97. The minimum Gasteiger partial charge on any atom is -0.341 e. The lowest BCUT2D eigenvalue weighted by Gasteiger charge is -2.37. The molecule has 0 N–H and O–H groups in total. The van der Waals surface area contributed by atoms with Crippen LogP contribution in [0, 0.1) is 11.8 Å². The fourth-order valence-corrected chi connectivity index (χ4v) is 3.39. The van der Waals surface area contributed by atoms with Crippen molar-refractivity contribution in [3.05, 3.63) is 0 Å². The maximum absolute atomic E-state index is 12.8. The maximum atomic E-state index is 12.8. The Bertz CT molecular complexity index is 359. The van der Waals surface area contributed by atoms with Gasteiger partial charge in [-0.15, -0.1) is 0 Å². The largest absolute Gasteiger partial charge is 0.393 e. The third-order valence-electron chi connectivity index (χ3n) is 4.78. The monoisotopic (exact) mass is 306 g/mol. The van der Waals surface area contributed by atoms with Gasteiger partial charge in [-0.25, -0.2) is 0 Å². The minimum atomic E-state index is -4.18. The van der Waals surface area contributed by atoms with Crippen LogP contribution in [0.3, 0.4) is 0 Å². The zero-order chi connectivity index (χ0) is 15.5. The molecule has 3 nitrogen and oxygen atoms in total. The van der Waals surface area contributed by atoms with Crippen molar-refractivity contribution in [2.24, 2.45) is 11.8 Å². The zero-order valence-electron chi connectivity index (χ0n) is 12.7. The highest BCUT2D eigenvalue weighted by Gasteiger charge is 2.42. The summed E-state index contributed by atoms with van der Waals surface area (Å²) in [6.07, 6.45) is -0.206. The number of amides is 1. The first kappa shape index (κ1) is 16.6. The van der Waals surface area contributed by atoms with E-state index < -0.39 is 12.1 Å². The predicted molar refractivity (Wildman–Crippen MR) is 74.8 cm³/mol. The second kappa shape index (κ2) is 6.99. The summed E-state index contributed by atoms with van der Waals surface area (Å²) in [5.41, 5.74) is 0. The van der Waals surface area contributed by atoms with E-state index in [-0.39, 0.29) is 25.4 Å². The molecule has 0 aromatic rings. The number of carbonyl (C=O) groups excluding carboxylic acids is 1. The minimum absolute atomic E-state index is 0.138. The van der Waals surface area contributed by atoms with Crippen LogP contribution in [0.4, 0.5) is 13.2 Å². The normalized spacial score (nSPS) is 28.7. The Morgan fingerprint density at radius 2 is 1.86 bits per heavy atom. The average molecular weight is 306 g/mol. The third kappa shape index (κ3) is 4.59. The van der Waals surface area contributed by atoms with Crippen LogP contribution >= 0.6 is 0 Å². The molecular weight excluding hydrogens is 281 g/mol. The van der Waals surface area contributed by atoms with E-state index in [0.29, 0.717) is 18.9 Å². The smallest absolute Gasteiger partial charge is 0.341 e. The van der Waals surface area contributed by atoms with Gasteiger partial charge in [-0.05, 0) is 38.1 Å². The summed E-state index contributed by atoms with van der Waals surface area (Å²) in [5.74, 6) is -0.864. The molecule has 2 aliphatic heterocycles. The molecule has 0 bridgehead atoms. The van der Waals surface area contributed by atoms with Crippen LogP contribution in [0.25, 0.3) is 0 Å². The Morgan fingerprint density at radius 1 is 1.14 bits per heavy atom. The van der Waals surface area contributed by atoms with Crippen molar-refractivity contribution in [1.29, 1.82) is 0 Å². The molecule has 0 aromatic carbocycles. The second-order valence-corrected chi connectivity index (χ2v) is 6.37. The summed E-state index contributed by atoms with van der Waals surface area (Å²) in [5, 5.41) is 0. The lowest BCUT2D eigenvalue weighted by molar-refractivity contribution is -0.188. The maximum Gasteiger partial charge on any atom is 0.393 e. The SMILES string of the molecule is CCC1CCCN(CC(=O)N2CCCC(C(F)(F)F)C2)C1. The lowest BCUT2D eigenvalue weighted by Crippen LogP contribution is -2.49. The van der Waals surface area contributed by atoms with Crippen molar-refractivity contribution in [2.45, 2.75) is 45.2 Å². The summed E-state index contributed by atoms with van der Waals surface area (Å²) in [6.45, 7) is 4.52. The molecule has 1 amide bonds. The molecule has 2 rings (SSSR count). The molecular formula is C15H25F3N2O. The van der Waals surface area contributed by atoms with E-state index in [1.807, 2.05) is 0 Å². The lowest BCUT2D eigenvalue weighted by atomic mass is 9.95. The standard InChI is InChI=1S/C15H25F3N2O/c1-2-12-5-3-7-19(9-12)11-14(21)20-8-4-6-13(10-20)15(16,17)18/h12-13H,2-11H2,1H3. The molecule has 0 aromatic heterocycles. The quantitative estimate of drug-likeness (QED) is 0.800. The molecule has 2 aliphatic rings.